The van der Waals surface area contributed by atoms with E-state index in [9.17, 15) is 0 Å². The first-order valence-corrected chi connectivity index (χ1v) is 7.96. The van der Waals surface area contributed by atoms with Crippen LogP contribution in [0.1, 0.15) is 26.7 Å². The fraction of sp³-hybridized carbons (Fsp3) is 0.316. The van der Waals surface area contributed by atoms with Gasteiger partial charge in [-0.25, -0.2) is 0 Å². The van der Waals surface area contributed by atoms with E-state index in [0.717, 1.165) is 47.7 Å². The van der Waals surface area contributed by atoms with Crippen molar-refractivity contribution in [1.29, 1.82) is 0 Å². The molecule has 0 unspecified atom stereocenters. The molecular weight excluding hydrogens is 274 g/mol. The molecule has 4 rings (SSSR count). The molecule has 1 aliphatic heterocycles. The first-order chi connectivity index (χ1) is 10.8. The van der Waals surface area contributed by atoms with Gasteiger partial charge in [0.25, 0.3) is 5.52 Å². The molecule has 0 amide bonds. The van der Waals surface area contributed by atoms with Gasteiger partial charge in [0, 0.05) is 6.07 Å². The van der Waals surface area contributed by atoms with Crippen molar-refractivity contribution in [3.63, 3.8) is 0 Å². The third-order valence-electron chi connectivity index (χ3n) is 4.79. The van der Waals surface area contributed by atoms with Crippen molar-refractivity contribution in [1.82, 2.24) is 0 Å². The average Bonchev–Trinajstić information content (AvgIpc) is 2.86. The summed E-state index contributed by atoms with van der Waals surface area (Å²) < 4.78 is 14.9. The van der Waals surface area contributed by atoms with Gasteiger partial charge >= 0.3 is 5.89 Å². The predicted octanol–water partition coefficient (Wildman–Crippen LogP) is 4.34. The van der Waals surface area contributed by atoms with Gasteiger partial charge in [-0.15, -0.1) is 0 Å². The molecule has 0 saturated carbocycles. The van der Waals surface area contributed by atoms with E-state index in [0.29, 0.717) is 0 Å². The summed E-state index contributed by atoms with van der Waals surface area (Å²) in [6.07, 6.45) is 1.92. The van der Waals surface area contributed by atoms with Crippen molar-refractivity contribution in [2.45, 2.75) is 38.8 Å². The van der Waals surface area contributed by atoms with Crippen LogP contribution in [0.4, 0.5) is 0 Å². The van der Waals surface area contributed by atoms with Crippen molar-refractivity contribution >= 4 is 11.1 Å². The Bertz CT molecular complexity index is 830. The van der Waals surface area contributed by atoms with Gasteiger partial charge < -0.3 is 9.15 Å². The summed E-state index contributed by atoms with van der Waals surface area (Å²) in [5.41, 5.74) is 2.89. The highest BCUT2D eigenvalue weighted by Crippen LogP contribution is 2.37. The molecule has 0 N–H and O–H groups in total. The van der Waals surface area contributed by atoms with Crippen LogP contribution in [0.2, 0.25) is 0 Å². The van der Waals surface area contributed by atoms with E-state index in [-0.39, 0.29) is 5.60 Å². The molecule has 3 heteroatoms. The Labute approximate surface area is 130 Å². The van der Waals surface area contributed by atoms with E-state index in [1.165, 1.54) is 0 Å². The minimum atomic E-state index is -0.196. The molecule has 0 fully saturated rings. The van der Waals surface area contributed by atoms with Gasteiger partial charge in [-0.2, -0.15) is 4.57 Å². The summed E-state index contributed by atoms with van der Waals surface area (Å²) >= 11 is 0. The topological polar surface area (TPSA) is 26.2 Å². The maximum absolute atomic E-state index is 6.45. The number of ether oxygens (including phenoxy) is 1. The Balaban J connectivity index is 2.05. The second kappa shape index (κ2) is 4.87. The summed E-state index contributed by atoms with van der Waals surface area (Å²) in [4.78, 5) is 0. The second-order valence-electron chi connectivity index (χ2n) is 5.95. The van der Waals surface area contributed by atoms with Crippen LogP contribution in [0.3, 0.4) is 0 Å². The van der Waals surface area contributed by atoms with E-state index >= 15 is 0 Å². The lowest BCUT2D eigenvalue weighted by Crippen LogP contribution is -2.49. The monoisotopic (exact) mass is 294 g/mol. The molecule has 112 valence electrons. The summed E-state index contributed by atoms with van der Waals surface area (Å²) in [6.45, 7) is 5.20. The smallest absolute Gasteiger partial charge is 0.385 e. The van der Waals surface area contributed by atoms with Crippen molar-refractivity contribution in [2.24, 2.45) is 0 Å². The number of oxazole rings is 1. The molecule has 3 aromatic rings. The number of fused-ring (bicyclic) bond motifs is 5. The molecule has 1 aromatic heterocycles. The molecule has 2 heterocycles. The Kier molecular flexibility index (Phi) is 2.96. The normalized spacial score (nSPS) is 15.7. The van der Waals surface area contributed by atoms with Gasteiger partial charge in [0.1, 0.15) is 11.3 Å². The second-order valence-corrected chi connectivity index (χ2v) is 5.95. The molecule has 22 heavy (non-hydrogen) atoms. The Morgan fingerprint density at radius 3 is 2.55 bits per heavy atom. The third kappa shape index (κ3) is 1.85. The minimum absolute atomic E-state index is 0.196. The van der Waals surface area contributed by atoms with E-state index in [4.69, 9.17) is 9.15 Å². The first-order valence-electron chi connectivity index (χ1n) is 7.96. The number of hydrogen-bond acceptors (Lipinski definition) is 2. The number of para-hydroxylation sites is 3. The zero-order chi connectivity index (χ0) is 15.2. The van der Waals surface area contributed by atoms with Gasteiger partial charge in [0.2, 0.25) is 5.58 Å². The number of hydrogen-bond donors (Lipinski definition) is 0. The van der Waals surface area contributed by atoms with Crippen LogP contribution < -0.4 is 9.30 Å². The fourth-order valence-corrected chi connectivity index (χ4v) is 3.30. The van der Waals surface area contributed by atoms with Crippen LogP contribution in [-0.4, -0.2) is 5.60 Å². The zero-order valence-electron chi connectivity index (χ0n) is 13.0. The summed E-state index contributed by atoms with van der Waals surface area (Å²) in [5, 5.41) is 0. The maximum Gasteiger partial charge on any atom is 0.385 e. The number of benzene rings is 2. The summed E-state index contributed by atoms with van der Waals surface area (Å²) in [6, 6.07) is 16.4. The number of aromatic nitrogens is 1. The molecular formula is C19H20NO2+. The minimum Gasteiger partial charge on any atom is -0.480 e. The zero-order valence-corrected chi connectivity index (χ0v) is 13.0. The van der Waals surface area contributed by atoms with Crippen LogP contribution in [0, 0.1) is 0 Å². The van der Waals surface area contributed by atoms with Crippen molar-refractivity contribution in [3.05, 3.63) is 48.5 Å². The standard InChI is InChI=1S/C19H20NO2/c1-3-19(4-2)13-20-15-10-6-8-12-17(15)21-18(20)14-9-5-7-11-16(14)22-19/h5-12H,3-4,13H2,1-2H3/q+1. The molecule has 0 atom stereocenters. The van der Waals surface area contributed by atoms with Crippen molar-refractivity contribution in [2.75, 3.05) is 0 Å². The molecule has 0 spiro atoms. The highest BCUT2D eigenvalue weighted by atomic mass is 16.5. The molecule has 2 aromatic carbocycles. The highest BCUT2D eigenvalue weighted by molar-refractivity contribution is 5.73. The molecule has 0 aliphatic carbocycles. The first kappa shape index (κ1) is 13.4. The molecule has 0 saturated heterocycles. The van der Waals surface area contributed by atoms with E-state index in [1.807, 2.05) is 30.3 Å². The third-order valence-corrected chi connectivity index (χ3v) is 4.79. The largest absolute Gasteiger partial charge is 0.480 e. The van der Waals surface area contributed by atoms with Gasteiger partial charge in [-0.1, -0.05) is 38.1 Å². The maximum atomic E-state index is 6.45. The van der Waals surface area contributed by atoms with Gasteiger partial charge in [0.05, 0.1) is 0 Å². The molecule has 0 radical (unpaired) electrons. The Hall–Kier alpha value is -2.29. The lowest BCUT2D eigenvalue weighted by molar-refractivity contribution is -0.676. The van der Waals surface area contributed by atoms with Crippen LogP contribution in [-0.2, 0) is 6.54 Å². The van der Waals surface area contributed by atoms with Crippen LogP contribution in [0.15, 0.2) is 52.9 Å². The van der Waals surface area contributed by atoms with Crippen LogP contribution in [0.5, 0.6) is 5.75 Å². The van der Waals surface area contributed by atoms with Crippen LogP contribution >= 0.6 is 0 Å². The summed E-state index contributed by atoms with van der Waals surface area (Å²) in [7, 11) is 0. The number of rotatable bonds is 2. The molecule has 0 bridgehead atoms. The molecule has 1 aliphatic rings. The quantitative estimate of drug-likeness (QED) is 0.657. The summed E-state index contributed by atoms with van der Waals surface area (Å²) in [5.74, 6) is 1.80. The predicted molar refractivity (Wildman–Crippen MR) is 85.8 cm³/mol. The van der Waals surface area contributed by atoms with Crippen LogP contribution in [0.25, 0.3) is 22.6 Å². The fourth-order valence-electron chi connectivity index (χ4n) is 3.30. The average molecular weight is 294 g/mol. The SMILES string of the molecule is CCC1(CC)C[n+]2c(oc3ccccc32)-c2ccccc2O1. The number of nitrogens with zero attached hydrogens (tertiary/aromatic N) is 1. The van der Waals surface area contributed by atoms with Crippen molar-refractivity contribution in [3.8, 4) is 17.2 Å². The van der Waals surface area contributed by atoms with E-state index in [2.05, 4.69) is 36.6 Å². The Morgan fingerprint density at radius 2 is 1.73 bits per heavy atom. The molecule has 3 nitrogen and oxygen atoms in total. The Morgan fingerprint density at radius 1 is 1.00 bits per heavy atom. The van der Waals surface area contributed by atoms with E-state index < -0.39 is 0 Å². The highest BCUT2D eigenvalue weighted by Gasteiger charge is 2.42. The van der Waals surface area contributed by atoms with Gasteiger partial charge in [-0.05, 0) is 31.0 Å². The lowest BCUT2D eigenvalue weighted by atomic mass is 9.97. The van der Waals surface area contributed by atoms with Gasteiger partial charge in [-0.3, -0.25) is 0 Å². The van der Waals surface area contributed by atoms with Crippen molar-refractivity contribution < 1.29 is 13.7 Å². The van der Waals surface area contributed by atoms with E-state index in [1.54, 1.807) is 0 Å². The lowest BCUT2D eigenvalue weighted by Gasteiger charge is -2.28. The van der Waals surface area contributed by atoms with Gasteiger partial charge in [0.15, 0.2) is 12.1 Å².